The molecule has 3 fully saturated rings. The van der Waals surface area contributed by atoms with Crippen LogP contribution in [-0.2, 0) is 32.3 Å². The van der Waals surface area contributed by atoms with Gasteiger partial charge in [-0.05, 0) is 18.1 Å². The van der Waals surface area contributed by atoms with Crippen LogP contribution in [-0.4, -0.2) is 46.1 Å². The Balaban J connectivity index is 1.39. The lowest BCUT2D eigenvalue weighted by Crippen LogP contribution is -2.42. The van der Waals surface area contributed by atoms with Crippen molar-refractivity contribution >= 4 is 5.97 Å². The molecule has 1 saturated carbocycles. The number of ether oxygens (including phenoxy) is 2. The molecule has 6 heteroatoms. The first kappa shape index (κ1) is 17.8. The average molecular weight is 381 g/mol. The van der Waals surface area contributed by atoms with Gasteiger partial charge in [0.05, 0.1) is 18.6 Å². The van der Waals surface area contributed by atoms with Gasteiger partial charge in [0.1, 0.15) is 18.3 Å². The zero-order valence-corrected chi connectivity index (χ0v) is 15.6. The van der Waals surface area contributed by atoms with Crippen LogP contribution in [0.5, 0.6) is 0 Å². The van der Waals surface area contributed by atoms with E-state index in [1.54, 1.807) is 12.0 Å². The van der Waals surface area contributed by atoms with Crippen LogP contribution in [0.25, 0.3) is 0 Å². The van der Waals surface area contributed by atoms with E-state index in [4.69, 9.17) is 14.3 Å². The van der Waals surface area contributed by atoms with E-state index in [2.05, 4.69) is 0 Å². The largest absolute Gasteiger partial charge is 0.457 e. The fourth-order valence-corrected chi connectivity index (χ4v) is 4.77. The molecule has 0 aromatic heterocycles. The number of nitrogens with zero attached hydrogens (tertiary/aromatic N) is 1. The summed E-state index contributed by atoms with van der Waals surface area (Å²) in [6, 6.07) is 19.3. The van der Waals surface area contributed by atoms with Gasteiger partial charge in [0, 0.05) is 6.54 Å². The maximum Gasteiger partial charge on any atom is 0.341 e. The van der Waals surface area contributed by atoms with Crippen molar-refractivity contribution in [3.05, 3.63) is 71.8 Å². The maximum absolute atomic E-state index is 12.6. The van der Waals surface area contributed by atoms with Gasteiger partial charge in [-0.3, -0.25) is 4.84 Å². The number of hydroxylamine groups is 2. The first-order valence-electron chi connectivity index (χ1n) is 9.62. The molecule has 146 valence electrons. The summed E-state index contributed by atoms with van der Waals surface area (Å²) in [6.45, 7) is 2.59. The Kier molecular flexibility index (Phi) is 4.25. The summed E-state index contributed by atoms with van der Waals surface area (Å²) >= 11 is 0. The molecule has 0 amide bonds. The highest BCUT2D eigenvalue weighted by molar-refractivity contribution is 5.83. The van der Waals surface area contributed by atoms with Gasteiger partial charge < -0.3 is 14.6 Å². The van der Waals surface area contributed by atoms with Crippen LogP contribution in [0.1, 0.15) is 18.1 Å². The van der Waals surface area contributed by atoms with Crippen molar-refractivity contribution in [1.29, 1.82) is 0 Å². The standard InChI is InChI=1S/C22H23NO5/c1-22-16-17(23(28-22)12-14-8-4-2-5-9-14)18(24)20(19(16)27-21(22)25)26-13-15-10-6-3-7-11-15/h2-11,16-20,24H,12-13H2,1H3/t16-,17+,18+,19-,20-,22+/m1/s1. The number of aliphatic hydroxyl groups excluding tert-OH is 1. The monoisotopic (exact) mass is 381 g/mol. The Bertz CT molecular complexity index is 860. The number of benzene rings is 2. The van der Waals surface area contributed by atoms with Gasteiger partial charge in [0.25, 0.3) is 0 Å². The van der Waals surface area contributed by atoms with E-state index >= 15 is 0 Å². The molecule has 6 atom stereocenters. The van der Waals surface area contributed by atoms with E-state index in [-0.39, 0.29) is 17.9 Å². The van der Waals surface area contributed by atoms with Crippen LogP contribution < -0.4 is 0 Å². The highest BCUT2D eigenvalue weighted by Gasteiger charge is 2.73. The third-order valence-electron chi connectivity index (χ3n) is 6.12. The first-order valence-corrected chi connectivity index (χ1v) is 9.62. The Morgan fingerprint density at radius 2 is 1.71 bits per heavy atom. The molecular weight excluding hydrogens is 358 g/mol. The van der Waals surface area contributed by atoms with Gasteiger partial charge in [-0.1, -0.05) is 60.7 Å². The van der Waals surface area contributed by atoms with Gasteiger partial charge in [-0.15, -0.1) is 0 Å². The maximum atomic E-state index is 12.6. The minimum Gasteiger partial charge on any atom is -0.457 e. The normalized spacial score (nSPS) is 36.5. The molecule has 0 unspecified atom stereocenters. The second-order valence-electron chi connectivity index (χ2n) is 7.90. The fraction of sp³-hybridized carbons (Fsp3) is 0.409. The molecule has 0 bridgehead atoms. The summed E-state index contributed by atoms with van der Waals surface area (Å²) in [4.78, 5) is 18.6. The average Bonchev–Trinajstić information content (AvgIpc) is 3.25. The third kappa shape index (κ3) is 2.68. The Morgan fingerprint density at radius 1 is 1.07 bits per heavy atom. The van der Waals surface area contributed by atoms with E-state index in [1.807, 2.05) is 60.7 Å². The second kappa shape index (κ2) is 6.67. The predicted molar refractivity (Wildman–Crippen MR) is 99.7 cm³/mol. The lowest BCUT2D eigenvalue weighted by Gasteiger charge is -2.27. The number of aliphatic hydroxyl groups is 1. The van der Waals surface area contributed by atoms with E-state index in [9.17, 15) is 9.90 Å². The van der Waals surface area contributed by atoms with Gasteiger partial charge >= 0.3 is 5.97 Å². The number of carbonyl (C=O) groups excluding carboxylic acids is 1. The van der Waals surface area contributed by atoms with Crippen molar-refractivity contribution in [2.45, 2.75) is 50.0 Å². The molecule has 1 N–H and O–H groups in total. The number of esters is 1. The van der Waals surface area contributed by atoms with Crippen molar-refractivity contribution < 1.29 is 24.2 Å². The highest BCUT2D eigenvalue weighted by atomic mass is 16.7. The molecule has 2 aromatic rings. The molecule has 0 spiro atoms. The molecule has 28 heavy (non-hydrogen) atoms. The molecule has 1 aliphatic carbocycles. The third-order valence-corrected chi connectivity index (χ3v) is 6.12. The van der Waals surface area contributed by atoms with E-state index in [0.717, 1.165) is 11.1 Å². The molecule has 2 aliphatic heterocycles. The van der Waals surface area contributed by atoms with E-state index in [0.29, 0.717) is 13.2 Å². The molecule has 6 nitrogen and oxygen atoms in total. The van der Waals surface area contributed by atoms with Crippen molar-refractivity contribution in [3.63, 3.8) is 0 Å². The number of hydrogen-bond acceptors (Lipinski definition) is 6. The van der Waals surface area contributed by atoms with Gasteiger partial charge in [-0.25, -0.2) is 4.79 Å². The van der Waals surface area contributed by atoms with E-state index < -0.39 is 23.9 Å². The molecular formula is C22H23NO5. The Labute approximate surface area is 163 Å². The lowest BCUT2D eigenvalue weighted by atomic mass is 9.87. The minimum atomic E-state index is -1.09. The van der Waals surface area contributed by atoms with Crippen molar-refractivity contribution in [1.82, 2.24) is 5.06 Å². The molecule has 5 rings (SSSR count). The molecule has 0 radical (unpaired) electrons. The smallest absolute Gasteiger partial charge is 0.341 e. The summed E-state index contributed by atoms with van der Waals surface area (Å²) in [5.74, 6) is -0.650. The summed E-state index contributed by atoms with van der Waals surface area (Å²) < 4.78 is 11.7. The van der Waals surface area contributed by atoms with Crippen molar-refractivity contribution in [2.75, 3.05) is 0 Å². The predicted octanol–water partition coefficient (Wildman–Crippen LogP) is 2.06. The summed E-state index contributed by atoms with van der Waals surface area (Å²) in [6.07, 6.45) is -1.90. The van der Waals surface area contributed by atoms with Crippen LogP contribution in [0, 0.1) is 5.92 Å². The molecule has 3 aliphatic rings. The van der Waals surface area contributed by atoms with Crippen LogP contribution in [0.4, 0.5) is 0 Å². The number of carbonyl (C=O) groups is 1. The lowest BCUT2D eigenvalue weighted by molar-refractivity contribution is -0.221. The van der Waals surface area contributed by atoms with Crippen molar-refractivity contribution in [3.8, 4) is 0 Å². The Hall–Kier alpha value is -2.25. The van der Waals surface area contributed by atoms with Gasteiger partial charge in [0.2, 0.25) is 0 Å². The summed E-state index contributed by atoms with van der Waals surface area (Å²) in [7, 11) is 0. The van der Waals surface area contributed by atoms with E-state index in [1.165, 1.54) is 0 Å². The fourth-order valence-electron chi connectivity index (χ4n) is 4.77. The zero-order valence-electron chi connectivity index (χ0n) is 15.6. The topological polar surface area (TPSA) is 68.2 Å². The Morgan fingerprint density at radius 3 is 2.39 bits per heavy atom. The van der Waals surface area contributed by atoms with Crippen LogP contribution in [0.15, 0.2) is 60.7 Å². The number of rotatable bonds is 5. The van der Waals surface area contributed by atoms with Crippen LogP contribution in [0.2, 0.25) is 0 Å². The minimum absolute atomic E-state index is 0.264. The molecule has 2 saturated heterocycles. The molecule has 2 heterocycles. The molecule has 2 aromatic carbocycles. The van der Waals surface area contributed by atoms with Crippen LogP contribution >= 0.6 is 0 Å². The highest BCUT2D eigenvalue weighted by Crippen LogP contribution is 2.53. The quantitative estimate of drug-likeness (QED) is 0.800. The van der Waals surface area contributed by atoms with Gasteiger partial charge in [-0.2, -0.15) is 5.06 Å². The second-order valence-corrected chi connectivity index (χ2v) is 7.90. The van der Waals surface area contributed by atoms with Crippen molar-refractivity contribution in [2.24, 2.45) is 5.92 Å². The number of hydrogen-bond donors (Lipinski definition) is 1. The zero-order chi connectivity index (χ0) is 19.3. The van der Waals surface area contributed by atoms with Crippen LogP contribution in [0.3, 0.4) is 0 Å². The van der Waals surface area contributed by atoms with Gasteiger partial charge in [0.15, 0.2) is 5.60 Å². The first-order chi connectivity index (χ1) is 13.6. The SMILES string of the molecule is C[C@@]12ON(Cc3ccccc3)[C@@H]3[C@H](O)[C@@H](OCc4ccccc4)[C@H](OC1=O)[C@@H]32. The summed E-state index contributed by atoms with van der Waals surface area (Å²) in [5.41, 5.74) is 0.976. The summed E-state index contributed by atoms with van der Waals surface area (Å²) in [5, 5.41) is 12.8.